The Hall–Kier alpha value is -1.36. The highest BCUT2D eigenvalue weighted by atomic mass is 16.2. The van der Waals surface area contributed by atoms with Crippen LogP contribution in [0.25, 0.3) is 0 Å². The van der Waals surface area contributed by atoms with Gasteiger partial charge in [0.1, 0.15) is 0 Å². The average molecular weight is 264 g/mol. The van der Waals surface area contributed by atoms with Crippen LogP contribution in [-0.2, 0) is 11.3 Å². The topological polar surface area (TPSA) is 50.2 Å². The maximum atomic E-state index is 12.1. The van der Waals surface area contributed by atoms with E-state index in [9.17, 15) is 4.79 Å². The van der Waals surface area contributed by atoms with Gasteiger partial charge in [0, 0.05) is 32.0 Å². The van der Waals surface area contributed by atoms with Crippen molar-refractivity contribution in [2.75, 3.05) is 26.2 Å². The van der Waals surface area contributed by atoms with Crippen LogP contribution in [0.1, 0.15) is 20.3 Å². The molecular weight excluding hydrogens is 240 g/mol. The summed E-state index contributed by atoms with van der Waals surface area (Å²) in [4.78, 5) is 14.1. The van der Waals surface area contributed by atoms with E-state index in [1.165, 1.54) is 6.42 Å². The van der Waals surface area contributed by atoms with Crippen LogP contribution < -0.4 is 5.32 Å². The molecule has 106 valence electrons. The highest BCUT2D eigenvalue weighted by molar-refractivity contribution is 5.78. The van der Waals surface area contributed by atoms with E-state index in [1.54, 1.807) is 6.20 Å². The molecule has 5 heteroatoms. The van der Waals surface area contributed by atoms with Gasteiger partial charge in [-0.05, 0) is 24.3 Å². The van der Waals surface area contributed by atoms with Gasteiger partial charge in [-0.3, -0.25) is 9.48 Å². The Kier molecular flexibility index (Phi) is 4.96. The second-order valence-electron chi connectivity index (χ2n) is 5.69. The van der Waals surface area contributed by atoms with Crippen molar-refractivity contribution in [1.82, 2.24) is 20.0 Å². The molecule has 1 aromatic rings. The number of aromatic nitrogens is 2. The molecule has 1 aliphatic rings. The Bertz CT molecular complexity index is 380. The fraction of sp³-hybridized carbons (Fsp3) is 0.714. The first kappa shape index (κ1) is 14.1. The normalized spacial score (nSPS) is 23.6. The van der Waals surface area contributed by atoms with Crippen LogP contribution in [0.2, 0.25) is 0 Å². The van der Waals surface area contributed by atoms with Gasteiger partial charge in [0.25, 0.3) is 0 Å². The fourth-order valence-electron chi connectivity index (χ4n) is 2.80. The van der Waals surface area contributed by atoms with E-state index in [0.29, 0.717) is 18.4 Å². The van der Waals surface area contributed by atoms with Crippen molar-refractivity contribution in [3.05, 3.63) is 18.5 Å². The summed E-state index contributed by atoms with van der Waals surface area (Å²) in [5, 5.41) is 7.32. The molecule has 2 rings (SSSR count). The number of hydrogen-bond acceptors (Lipinski definition) is 3. The molecule has 0 bridgehead atoms. The number of carbonyl (C=O) groups is 1. The lowest BCUT2D eigenvalue weighted by atomic mass is 9.92. The summed E-state index contributed by atoms with van der Waals surface area (Å²) in [5.74, 6) is 1.47. The van der Waals surface area contributed by atoms with E-state index < -0.39 is 0 Å². The summed E-state index contributed by atoms with van der Waals surface area (Å²) in [5.41, 5.74) is 0. The first-order valence-electron chi connectivity index (χ1n) is 7.11. The predicted molar refractivity (Wildman–Crippen MR) is 74.6 cm³/mol. The molecule has 19 heavy (non-hydrogen) atoms. The van der Waals surface area contributed by atoms with Crippen LogP contribution in [0.15, 0.2) is 18.5 Å². The van der Waals surface area contributed by atoms with Crippen molar-refractivity contribution >= 4 is 5.91 Å². The molecule has 0 aromatic carbocycles. The van der Waals surface area contributed by atoms with Crippen LogP contribution in [0.5, 0.6) is 0 Å². The monoisotopic (exact) mass is 264 g/mol. The molecule has 0 spiro atoms. The third-order valence-corrected chi connectivity index (χ3v) is 3.57. The van der Waals surface area contributed by atoms with E-state index in [4.69, 9.17) is 0 Å². The minimum Gasteiger partial charge on any atom is -0.341 e. The quantitative estimate of drug-likeness (QED) is 0.807. The summed E-state index contributed by atoms with van der Waals surface area (Å²) in [6.07, 6.45) is 4.93. The molecule has 0 saturated carbocycles. The zero-order valence-corrected chi connectivity index (χ0v) is 11.9. The lowest BCUT2D eigenvalue weighted by Crippen LogP contribution is -2.46. The Morgan fingerprint density at radius 3 is 2.74 bits per heavy atom. The third-order valence-electron chi connectivity index (χ3n) is 3.57. The number of hydrogen-bond donors (Lipinski definition) is 1. The standard InChI is InChI=1S/C14H24N4O/c1-12-8-13(2)11-17(10-12)14(19)9-15-5-7-18-6-3-4-16-18/h3-4,6,12-13,15H,5,7-11H2,1-2H3/t12-,13+. The van der Waals surface area contributed by atoms with E-state index in [0.717, 1.165) is 26.2 Å². The zero-order chi connectivity index (χ0) is 13.7. The first-order chi connectivity index (χ1) is 9.15. The summed E-state index contributed by atoms with van der Waals surface area (Å²) in [6.45, 7) is 8.26. The van der Waals surface area contributed by atoms with Crippen molar-refractivity contribution in [3.8, 4) is 0 Å². The summed E-state index contributed by atoms with van der Waals surface area (Å²) in [7, 11) is 0. The number of rotatable bonds is 5. The molecule has 1 aliphatic heterocycles. The number of nitrogens with zero attached hydrogens (tertiary/aromatic N) is 3. The highest BCUT2D eigenvalue weighted by Crippen LogP contribution is 2.20. The number of amides is 1. The van der Waals surface area contributed by atoms with Gasteiger partial charge in [-0.2, -0.15) is 5.10 Å². The first-order valence-corrected chi connectivity index (χ1v) is 7.11. The Balaban J connectivity index is 1.66. The van der Waals surface area contributed by atoms with Gasteiger partial charge >= 0.3 is 0 Å². The number of likely N-dealkylation sites (tertiary alicyclic amines) is 1. The molecule has 2 heterocycles. The van der Waals surface area contributed by atoms with Gasteiger partial charge in [-0.1, -0.05) is 13.8 Å². The number of piperidine rings is 1. The maximum Gasteiger partial charge on any atom is 0.236 e. The van der Waals surface area contributed by atoms with Crippen molar-refractivity contribution in [2.24, 2.45) is 11.8 Å². The van der Waals surface area contributed by atoms with Crippen molar-refractivity contribution < 1.29 is 4.79 Å². The smallest absolute Gasteiger partial charge is 0.236 e. The van der Waals surface area contributed by atoms with Gasteiger partial charge in [-0.15, -0.1) is 0 Å². The largest absolute Gasteiger partial charge is 0.341 e. The molecule has 0 unspecified atom stereocenters. The zero-order valence-electron chi connectivity index (χ0n) is 11.9. The van der Waals surface area contributed by atoms with Crippen LogP contribution in [0, 0.1) is 11.8 Å². The SMILES string of the molecule is C[C@@H]1C[C@H](C)CN(C(=O)CNCCn2cccn2)C1. The van der Waals surface area contributed by atoms with Gasteiger partial charge in [0.15, 0.2) is 0 Å². The Morgan fingerprint density at radius 2 is 2.11 bits per heavy atom. The Morgan fingerprint density at radius 1 is 1.37 bits per heavy atom. The second kappa shape index (κ2) is 6.70. The van der Waals surface area contributed by atoms with Gasteiger partial charge in [0.2, 0.25) is 5.91 Å². The minimum atomic E-state index is 0.221. The lowest BCUT2D eigenvalue weighted by molar-refractivity contribution is -0.132. The average Bonchev–Trinajstić information content (AvgIpc) is 2.86. The molecule has 0 aliphatic carbocycles. The third kappa shape index (κ3) is 4.35. The molecule has 1 N–H and O–H groups in total. The number of carbonyl (C=O) groups excluding carboxylic acids is 1. The van der Waals surface area contributed by atoms with E-state index in [-0.39, 0.29) is 5.91 Å². The van der Waals surface area contributed by atoms with Crippen LogP contribution in [0.4, 0.5) is 0 Å². The molecule has 5 nitrogen and oxygen atoms in total. The predicted octanol–water partition coefficient (Wildman–Crippen LogP) is 0.977. The van der Waals surface area contributed by atoms with Crippen molar-refractivity contribution in [2.45, 2.75) is 26.8 Å². The van der Waals surface area contributed by atoms with E-state index >= 15 is 0 Å². The fourth-order valence-corrected chi connectivity index (χ4v) is 2.80. The molecular formula is C14H24N4O. The maximum absolute atomic E-state index is 12.1. The van der Waals surface area contributed by atoms with Crippen molar-refractivity contribution in [1.29, 1.82) is 0 Å². The molecule has 1 amide bonds. The minimum absolute atomic E-state index is 0.221. The van der Waals surface area contributed by atoms with Gasteiger partial charge < -0.3 is 10.2 Å². The molecule has 1 saturated heterocycles. The van der Waals surface area contributed by atoms with Gasteiger partial charge in [-0.25, -0.2) is 0 Å². The van der Waals surface area contributed by atoms with Gasteiger partial charge in [0.05, 0.1) is 13.1 Å². The van der Waals surface area contributed by atoms with Crippen molar-refractivity contribution in [3.63, 3.8) is 0 Å². The summed E-state index contributed by atoms with van der Waals surface area (Å²) in [6, 6.07) is 1.90. The highest BCUT2D eigenvalue weighted by Gasteiger charge is 2.24. The lowest BCUT2D eigenvalue weighted by Gasteiger charge is -2.35. The molecule has 2 atom stereocenters. The van der Waals surface area contributed by atoms with Crippen LogP contribution in [0.3, 0.4) is 0 Å². The Labute approximate surface area is 115 Å². The van der Waals surface area contributed by atoms with Crippen LogP contribution in [-0.4, -0.2) is 46.8 Å². The summed E-state index contributed by atoms with van der Waals surface area (Å²) >= 11 is 0. The molecule has 1 aromatic heterocycles. The summed E-state index contributed by atoms with van der Waals surface area (Å²) < 4.78 is 1.86. The molecule has 1 fully saturated rings. The van der Waals surface area contributed by atoms with E-state index in [1.807, 2.05) is 21.8 Å². The molecule has 0 radical (unpaired) electrons. The van der Waals surface area contributed by atoms with Crippen LogP contribution >= 0.6 is 0 Å². The second-order valence-corrected chi connectivity index (χ2v) is 5.69. The van der Waals surface area contributed by atoms with E-state index in [2.05, 4.69) is 24.3 Å². The number of nitrogens with one attached hydrogen (secondary N) is 1.